The Hall–Kier alpha value is -2.09. The number of aliphatic hydroxyl groups is 2. The molecule has 2 N–H and O–H groups in total. The highest BCUT2D eigenvalue weighted by molar-refractivity contribution is 7.99. The molecular weight excluding hydrogens is 314 g/mol. The van der Waals surface area contributed by atoms with Crippen molar-refractivity contribution in [2.24, 2.45) is 0 Å². The summed E-state index contributed by atoms with van der Waals surface area (Å²) in [5.41, 5.74) is 1.80. The van der Waals surface area contributed by atoms with Gasteiger partial charge in [0.25, 0.3) is 0 Å². The summed E-state index contributed by atoms with van der Waals surface area (Å²) < 4.78 is 7.30. The standard InChI is InChI=1S/C16H17N3O3S/c1-11-14(7-8-22-11)15-17-18-16(23-10-13(21)9-20)19(15)12-5-3-2-4-6-12/h2-8,13,20-21H,9-10H2,1H3. The van der Waals surface area contributed by atoms with Gasteiger partial charge in [-0.15, -0.1) is 10.2 Å². The summed E-state index contributed by atoms with van der Waals surface area (Å²) in [4.78, 5) is 0. The average Bonchev–Trinajstić information content (AvgIpc) is 3.19. The number of aromatic nitrogens is 3. The smallest absolute Gasteiger partial charge is 0.196 e. The van der Waals surface area contributed by atoms with Crippen molar-refractivity contribution >= 4 is 11.8 Å². The van der Waals surface area contributed by atoms with Crippen molar-refractivity contribution in [3.63, 3.8) is 0 Å². The van der Waals surface area contributed by atoms with Gasteiger partial charge in [-0.05, 0) is 25.1 Å². The Balaban J connectivity index is 2.04. The van der Waals surface area contributed by atoms with E-state index in [0.29, 0.717) is 16.7 Å². The first-order chi connectivity index (χ1) is 11.2. The second-order valence-corrected chi connectivity index (χ2v) is 6.00. The summed E-state index contributed by atoms with van der Waals surface area (Å²) >= 11 is 1.35. The van der Waals surface area contributed by atoms with E-state index in [1.165, 1.54) is 11.8 Å². The molecular formula is C16H17N3O3S. The molecule has 2 heterocycles. The van der Waals surface area contributed by atoms with E-state index in [1.807, 2.05) is 47.9 Å². The molecule has 2 aromatic heterocycles. The van der Waals surface area contributed by atoms with E-state index < -0.39 is 6.10 Å². The molecule has 0 saturated heterocycles. The van der Waals surface area contributed by atoms with Gasteiger partial charge in [0.1, 0.15) is 5.76 Å². The minimum absolute atomic E-state index is 0.278. The van der Waals surface area contributed by atoms with Gasteiger partial charge >= 0.3 is 0 Å². The fourth-order valence-corrected chi connectivity index (χ4v) is 3.05. The summed E-state index contributed by atoms with van der Waals surface area (Å²) in [6.07, 6.45) is 0.830. The zero-order valence-electron chi connectivity index (χ0n) is 12.6. The molecule has 0 fully saturated rings. The number of furan rings is 1. The van der Waals surface area contributed by atoms with E-state index in [9.17, 15) is 5.11 Å². The third-order valence-electron chi connectivity index (χ3n) is 3.36. The van der Waals surface area contributed by atoms with Crippen LogP contribution in [0.2, 0.25) is 0 Å². The van der Waals surface area contributed by atoms with Crippen LogP contribution >= 0.6 is 11.8 Å². The number of aliphatic hydroxyl groups excluding tert-OH is 2. The molecule has 0 radical (unpaired) electrons. The third kappa shape index (κ3) is 3.31. The molecule has 1 atom stereocenters. The third-order valence-corrected chi connectivity index (χ3v) is 4.44. The van der Waals surface area contributed by atoms with Crippen molar-refractivity contribution in [3.05, 3.63) is 48.4 Å². The van der Waals surface area contributed by atoms with Gasteiger partial charge in [-0.25, -0.2) is 0 Å². The topological polar surface area (TPSA) is 84.3 Å². The second kappa shape index (κ2) is 6.99. The van der Waals surface area contributed by atoms with Gasteiger partial charge in [-0.2, -0.15) is 0 Å². The molecule has 3 aromatic rings. The van der Waals surface area contributed by atoms with Crippen LogP contribution in [-0.2, 0) is 0 Å². The molecule has 120 valence electrons. The number of hydrogen-bond acceptors (Lipinski definition) is 6. The van der Waals surface area contributed by atoms with Crippen LogP contribution in [0.3, 0.4) is 0 Å². The molecule has 0 aliphatic rings. The molecule has 6 nitrogen and oxygen atoms in total. The van der Waals surface area contributed by atoms with Crippen LogP contribution < -0.4 is 0 Å². The molecule has 0 saturated carbocycles. The Morgan fingerprint density at radius 1 is 1.22 bits per heavy atom. The minimum Gasteiger partial charge on any atom is -0.469 e. The van der Waals surface area contributed by atoms with E-state index in [2.05, 4.69) is 10.2 Å². The maximum atomic E-state index is 9.57. The molecule has 0 amide bonds. The first-order valence-electron chi connectivity index (χ1n) is 7.17. The van der Waals surface area contributed by atoms with E-state index in [1.54, 1.807) is 6.26 Å². The van der Waals surface area contributed by atoms with Crippen molar-refractivity contribution in [1.29, 1.82) is 0 Å². The molecule has 0 spiro atoms. The minimum atomic E-state index is -0.792. The molecule has 0 aliphatic heterocycles. The summed E-state index contributed by atoms with van der Waals surface area (Å²) in [6.45, 7) is 1.60. The van der Waals surface area contributed by atoms with Gasteiger partial charge in [0.2, 0.25) is 0 Å². The Morgan fingerprint density at radius 3 is 2.65 bits per heavy atom. The summed E-state index contributed by atoms with van der Waals surface area (Å²) in [5, 5.41) is 27.7. The Labute approximate surface area is 137 Å². The Bertz CT molecular complexity index is 770. The average molecular weight is 331 g/mol. The molecule has 1 unspecified atom stereocenters. The van der Waals surface area contributed by atoms with Crippen LogP contribution in [0.4, 0.5) is 0 Å². The monoisotopic (exact) mass is 331 g/mol. The number of nitrogens with zero attached hydrogens (tertiary/aromatic N) is 3. The van der Waals surface area contributed by atoms with Crippen LogP contribution in [0.1, 0.15) is 5.76 Å². The number of hydrogen-bond donors (Lipinski definition) is 2. The maximum absolute atomic E-state index is 9.57. The first-order valence-corrected chi connectivity index (χ1v) is 8.16. The number of para-hydroxylation sites is 1. The summed E-state index contributed by atoms with van der Waals surface area (Å²) in [7, 11) is 0. The number of aryl methyl sites for hydroxylation is 1. The lowest BCUT2D eigenvalue weighted by molar-refractivity contribution is 0.113. The number of benzene rings is 1. The van der Waals surface area contributed by atoms with Crippen molar-refractivity contribution in [2.75, 3.05) is 12.4 Å². The maximum Gasteiger partial charge on any atom is 0.196 e. The van der Waals surface area contributed by atoms with E-state index in [0.717, 1.165) is 17.0 Å². The molecule has 23 heavy (non-hydrogen) atoms. The SMILES string of the molecule is Cc1occc1-c1nnc(SCC(O)CO)n1-c1ccccc1. The lowest BCUT2D eigenvalue weighted by Gasteiger charge is -2.11. The van der Waals surface area contributed by atoms with Gasteiger partial charge in [0.05, 0.1) is 24.5 Å². The molecule has 7 heteroatoms. The zero-order valence-corrected chi connectivity index (χ0v) is 13.4. The largest absolute Gasteiger partial charge is 0.469 e. The normalized spacial score (nSPS) is 12.5. The van der Waals surface area contributed by atoms with Gasteiger partial charge in [-0.3, -0.25) is 4.57 Å². The van der Waals surface area contributed by atoms with Crippen LogP contribution in [0.5, 0.6) is 0 Å². The molecule has 0 aliphatic carbocycles. The predicted molar refractivity (Wildman–Crippen MR) is 87.6 cm³/mol. The quantitative estimate of drug-likeness (QED) is 0.674. The van der Waals surface area contributed by atoms with Crippen molar-refractivity contribution < 1.29 is 14.6 Å². The van der Waals surface area contributed by atoms with Crippen molar-refractivity contribution in [3.8, 4) is 17.1 Å². The highest BCUT2D eigenvalue weighted by Gasteiger charge is 2.19. The number of rotatable bonds is 6. The van der Waals surface area contributed by atoms with Crippen molar-refractivity contribution in [2.45, 2.75) is 18.2 Å². The van der Waals surface area contributed by atoms with Crippen LogP contribution in [0.25, 0.3) is 17.1 Å². The van der Waals surface area contributed by atoms with Crippen LogP contribution in [0.15, 0.2) is 52.2 Å². The fraction of sp³-hybridized carbons (Fsp3) is 0.250. The summed E-state index contributed by atoms with van der Waals surface area (Å²) in [5.74, 6) is 1.79. The van der Waals surface area contributed by atoms with E-state index >= 15 is 0 Å². The lowest BCUT2D eigenvalue weighted by atomic mass is 10.2. The van der Waals surface area contributed by atoms with E-state index in [4.69, 9.17) is 9.52 Å². The molecule has 1 aromatic carbocycles. The number of thioether (sulfide) groups is 1. The van der Waals surface area contributed by atoms with Gasteiger partial charge < -0.3 is 14.6 Å². The highest BCUT2D eigenvalue weighted by Crippen LogP contribution is 2.30. The molecule has 3 rings (SSSR count). The van der Waals surface area contributed by atoms with Crippen LogP contribution in [-0.4, -0.2) is 43.4 Å². The molecule has 0 bridgehead atoms. The first kappa shape index (κ1) is 15.8. The second-order valence-electron chi connectivity index (χ2n) is 5.02. The van der Waals surface area contributed by atoms with Crippen molar-refractivity contribution in [1.82, 2.24) is 14.8 Å². The predicted octanol–water partition coefficient (Wildman–Crippen LogP) is 2.28. The van der Waals surface area contributed by atoms with E-state index in [-0.39, 0.29) is 6.61 Å². The Morgan fingerprint density at radius 2 is 2.00 bits per heavy atom. The fourth-order valence-electron chi connectivity index (χ4n) is 2.19. The Kier molecular flexibility index (Phi) is 4.80. The highest BCUT2D eigenvalue weighted by atomic mass is 32.2. The van der Waals surface area contributed by atoms with Gasteiger partial charge in [-0.1, -0.05) is 30.0 Å². The zero-order chi connectivity index (χ0) is 16.2. The van der Waals surface area contributed by atoms with Crippen LogP contribution in [0, 0.1) is 6.92 Å². The summed E-state index contributed by atoms with van der Waals surface area (Å²) in [6, 6.07) is 11.6. The van der Waals surface area contributed by atoms with Gasteiger partial charge in [0, 0.05) is 11.4 Å². The van der Waals surface area contributed by atoms with Gasteiger partial charge in [0.15, 0.2) is 11.0 Å². The lowest BCUT2D eigenvalue weighted by Crippen LogP contribution is -2.15.